The summed E-state index contributed by atoms with van der Waals surface area (Å²) in [7, 11) is -1.06. The monoisotopic (exact) mass is 290 g/mol. The first kappa shape index (κ1) is 12.7. The second kappa shape index (κ2) is 5.35. The number of benzene rings is 1. The minimum Gasteiger partial charge on any atom is -0.396 e. The fraction of sp³-hybridized carbons (Fsp3) is 0.214. The first-order valence-corrected chi connectivity index (χ1v) is 8.26. The molecule has 2 aromatic rings. The predicted molar refractivity (Wildman–Crippen MR) is 79.7 cm³/mol. The number of thioether (sulfide) groups is 1. The Balaban J connectivity index is 1.71. The molecule has 0 spiro atoms. The van der Waals surface area contributed by atoms with Gasteiger partial charge in [0.05, 0.1) is 27.6 Å². The summed E-state index contributed by atoms with van der Waals surface area (Å²) in [4.78, 5) is 5.94. The van der Waals surface area contributed by atoms with Crippen LogP contribution in [0.15, 0.2) is 52.5 Å². The molecule has 2 atom stereocenters. The van der Waals surface area contributed by atoms with Crippen molar-refractivity contribution in [2.45, 2.75) is 21.5 Å². The molecule has 2 unspecified atom stereocenters. The Kier molecular flexibility index (Phi) is 3.57. The average Bonchev–Trinajstić information content (AvgIpc) is 2.81. The zero-order chi connectivity index (χ0) is 13.2. The first-order chi connectivity index (χ1) is 9.24. The van der Waals surface area contributed by atoms with Gasteiger partial charge in [0.15, 0.2) is 0 Å². The van der Waals surface area contributed by atoms with Gasteiger partial charge in [-0.3, -0.25) is 9.19 Å². The molecule has 0 saturated carbocycles. The van der Waals surface area contributed by atoms with Gasteiger partial charge in [-0.25, -0.2) is 0 Å². The summed E-state index contributed by atoms with van der Waals surface area (Å²) in [6, 6.07) is 10.1. The number of nitrogens with zero attached hydrogens (tertiary/aromatic N) is 1. The Bertz CT molecular complexity index is 605. The Morgan fingerprint density at radius 3 is 3.00 bits per heavy atom. The summed E-state index contributed by atoms with van der Waals surface area (Å²) >= 11 is 1.82. The summed E-state index contributed by atoms with van der Waals surface area (Å²) in [5.74, 6) is 0.633. The van der Waals surface area contributed by atoms with Crippen molar-refractivity contribution < 1.29 is 4.21 Å². The Labute approximate surface area is 119 Å². The van der Waals surface area contributed by atoms with Crippen molar-refractivity contribution in [3.63, 3.8) is 0 Å². The van der Waals surface area contributed by atoms with Crippen LogP contribution in [0.1, 0.15) is 5.56 Å². The molecule has 98 valence electrons. The summed E-state index contributed by atoms with van der Waals surface area (Å²) in [5.41, 5.74) is 7.69. The van der Waals surface area contributed by atoms with Crippen molar-refractivity contribution in [3.05, 3.63) is 48.3 Å². The van der Waals surface area contributed by atoms with Gasteiger partial charge in [-0.2, -0.15) is 0 Å². The normalized spacial score (nSPS) is 19.1. The number of hydrogen-bond acceptors (Lipinski definition) is 4. The molecule has 0 amide bonds. The number of fused-ring (bicyclic) bond motifs is 1. The van der Waals surface area contributed by atoms with Crippen LogP contribution in [-0.2, 0) is 17.2 Å². The van der Waals surface area contributed by atoms with Crippen molar-refractivity contribution in [3.8, 4) is 0 Å². The van der Waals surface area contributed by atoms with E-state index >= 15 is 0 Å². The second-order valence-electron chi connectivity index (χ2n) is 4.48. The molecule has 0 fully saturated rings. The van der Waals surface area contributed by atoms with Crippen molar-refractivity contribution in [1.29, 1.82) is 0 Å². The highest BCUT2D eigenvalue weighted by Gasteiger charge is 2.24. The molecule has 1 aromatic carbocycles. The Morgan fingerprint density at radius 1 is 1.37 bits per heavy atom. The molecule has 3 rings (SSSR count). The third-order valence-electron chi connectivity index (χ3n) is 3.11. The molecule has 1 aliphatic heterocycles. The van der Waals surface area contributed by atoms with E-state index in [0.29, 0.717) is 21.6 Å². The lowest BCUT2D eigenvalue weighted by Crippen LogP contribution is -2.14. The van der Waals surface area contributed by atoms with Gasteiger partial charge in [0.25, 0.3) is 0 Å². The number of pyridine rings is 1. The van der Waals surface area contributed by atoms with Crippen molar-refractivity contribution in [1.82, 2.24) is 4.98 Å². The molecule has 2 heterocycles. The van der Waals surface area contributed by atoms with Crippen LogP contribution < -0.4 is 5.73 Å². The molecule has 0 saturated heterocycles. The lowest BCUT2D eigenvalue weighted by molar-refractivity contribution is 0.681. The van der Waals surface area contributed by atoms with E-state index in [1.807, 2.05) is 17.8 Å². The molecule has 0 radical (unpaired) electrons. The number of nitrogens with two attached hydrogens (primary N) is 1. The Morgan fingerprint density at radius 2 is 2.21 bits per heavy atom. The highest BCUT2D eigenvalue weighted by molar-refractivity contribution is 8.01. The average molecular weight is 290 g/mol. The zero-order valence-electron chi connectivity index (χ0n) is 10.3. The van der Waals surface area contributed by atoms with E-state index in [-0.39, 0.29) is 0 Å². The number of hydrogen-bond donors (Lipinski definition) is 1. The fourth-order valence-electron chi connectivity index (χ4n) is 2.21. The largest absolute Gasteiger partial charge is 0.396 e. The number of rotatable bonds is 3. The maximum atomic E-state index is 12.4. The van der Waals surface area contributed by atoms with Crippen LogP contribution in [0.25, 0.3) is 0 Å². The summed E-state index contributed by atoms with van der Waals surface area (Å²) in [6.07, 6.45) is 4.18. The van der Waals surface area contributed by atoms with Gasteiger partial charge in [0.2, 0.25) is 0 Å². The Hall–Kier alpha value is -1.33. The fourth-order valence-corrected chi connectivity index (χ4v) is 5.09. The van der Waals surface area contributed by atoms with Crippen LogP contribution in [0, 0.1) is 0 Å². The van der Waals surface area contributed by atoms with Crippen LogP contribution in [0.4, 0.5) is 5.69 Å². The van der Waals surface area contributed by atoms with E-state index < -0.39 is 10.8 Å². The van der Waals surface area contributed by atoms with Gasteiger partial charge in [-0.05, 0) is 24.1 Å². The summed E-state index contributed by atoms with van der Waals surface area (Å²) in [6.45, 7) is 0. The third-order valence-corrected chi connectivity index (χ3v) is 6.20. The highest BCUT2D eigenvalue weighted by atomic mass is 32.2. The van der Waals surface area contributed by atoms with Gasteiger partial charge in [-0.15, -0.1) is 11.8 Å². The zero-order valence-corrected chi connectivity index (χ0v) is 11.9. The first-order valence-electron chi connectivity index (χ1n) is 6.06. The number of nitrogen functional groups attached to an aromatic ring is 1. The molecule has 19 heavy (non-hydrogen) atoms. The van der Waals surface area contributed by atoms with Crippen molar-refractivity contribution in [2.24, 2.45) is 0 Å². The van der Waals surface area contributed by atoms with Crippen LogP contribution in [0.5, 0.6) is 0 Å². The van der Waals surface area contributed by atoms with Crippen molar-refractivity contribution in [2.75, 3.05) is 11.5 Å². The smallest absolute Gasteiger partial charge is 0.0664 e. The second-order valence-corrected chi connectivity index (χ2v) is 7.28. The molecule has 1 aromatic heterocycles. The molecular weight excluding hydrogens is 276 g/mol. The van der Waals surface area contributed by atoms with E-state index in [2.05, 4.69) is 23.2 Å². The predicted octanol–water partition coefficient (Wildman–Crippen LogP) is 2.49. The lowest BCUT2D eigenvalue weighted by Gasteiger charge is -2.09. The topological polar surface area (TPSA) is 56.0 Å². The molecule has 1 aliphatic rings. The lowest BCUT2D eigenvalue weighted by atomic mass is 10.1. The molecular formula is C14H14N2OS2. The van der Waals surface area contributed by atoms with E-state index in [9.17, 15) is 4.21 Å². The molecule has 2 N–H and O–H groups in total. The number of anilines is 1. The molecule has 0 bridgehead atoms. The molecule has 5 heteroatoms. The minimum absolute atomic E-state index is 0.366. The number of aromatic nitrogens is 1. The van der Waals surface area contributed by atoms with E-state index in [4.69, 9.17) is 5.73 Å². The van der Waals surface area contributed by atoms with Gasteiger partial charge >= 0.3 is 0 Å². The minimum atomic E-state index is -1.06. The van der Waals surface area contributed by atoms with Gasteiger partial charge in [0, 0.05) is 22.1 Å². The standard InChI is InChI=1S/C14H14N2OS2/c15-12-8-16-6-5-14(12)19(17)9-11-7-10-3-1-2-4-13(10)18-11/h1-6,8,11H,7,9,15H2. The van der Waals surface area contributed by atoms with Gasteiger partial charge in [0.1, 0.15) is 0 Å². The van der Waals surface area contributed by atoms with Crippen LogP contribution >= 0.6 is 11.8 Å². The van der Waals surface area contributed by atoms with E-state index in [1.165, 1.54) is 10.5 Å². The maximum Gasteiger partial charge on any atom is 0.0664 e. The molecule has 0 aliphatic carbocycles. The van der Waals surface area contributed by atoms with E-state index in [1.54, 1.807) is 18.5 Å². The van der Waals surface area contributed by atoms with Gasteiger partial charge < -0.3 is 5.73 Å². The molecule has 3 nitrogen and oxygen atoms in total. The van der Waals surface area contributed by atoms with Gasteiger partial charge in [-0.1, -0.05) is 18.2 Å². The SMILES string of the molecule is Nc1cnccc1S(=O)CC1Cc2ccccc2S1. The third kappa shape index (κ3) is 2.67. The highest BCUT2D eigenvalue weighted by Crippen LogP contribution is 2.37. The van der Waals surface area contributed by atoms with Crippen LogP contribution in [0.2, 0.25) is 0 Å². The van der Waals surface area contributed by atoms with Crippen molar-refractivity contribution >= 4 is 28.2 Å². The van der Waals surface area contributed by atoms with Crippen LogP contribution in [0.3, 0.4) is 0 Å². The summed E-state index contributed by atoms with van der Waals surface area (Å²) < 4.78 is 12.4. The van der Waals surface area contributed by atoms with E-state index in [0.717, 1.165) is 6.42 Å². The quantitative estimate of drug-likeness (QED) is 0.943. The maximum absolute atomic E-state index is 12.4. The summed E-state index contributed by atoms with van der Waals surface area (Å²) in [5, 5.41) is 0.366. The van der Waals surface area contributed by atoms with Crippen LogP contribution in [-0.4, -0.2) is 20.2 Å².